The second-order valence-corrected chi connectivity index (χ2v) is 1.99. The smallest absolute Gasteiger partial charge is 0.00989 e. The molecule has 0 atom stereocenters. The molecule has 0 unspecified atom stereocenters. The van der Waals surface area contributed by atoms with E-state index in [1.165, 1.54) is 19.3 Å². The van der Waals surface area contributed by atoms with Gasteiger partial charge in [0.2, 0.25) is 0 Å². The normalized spacial score (nSPS) is 6.80. The largest absolute Gasteiger partial charge is 1.00 e. The SMILES string of the molecule is [C]#CCCCCCC.[Cl-].[Zn]. The van der Waals surface area contributed by atoms with Gasteiger partial charge in [-0.25, -0.2) is 0 Å². The van der Waals surface area contributed by atoms with Crippen LogP contribution in [0.25, 0.3) is 0 Å². The minimum absolute atomic E-state index is 0. The summed E-state index contributed by atoms with van der Waals surface area (Å²) in [6, 6.07) is 0. The van der Waals surface area contributed by atoms with Crippen LogP contribution in [0.2, 0.25) is 0 Å². The molecule has 55 valence electrons. The van der Waals surface area contributed by atoms with E-state index in [9.17, 15) is 0 Å². The molecule has 0 saturated carbocycles. The predicted octanol–water partition coefficient (Wildman–Crippen LogP) is -0.452. The van der Waals surface area contributed by atoms with Gasteiger partial charge in [-0.1, -0.05) is 32.1 Å². The number of rotatable bonds is 4. The summed E-state index contributed by atoms with van der Waals surface area (Å²) in [6.45, 7) is 2.19. The van der Waals surface area contributed by atoms with E-state index in [0.29, 0.717) is 0 Å². The maximum atomic E-state index is 6.59. The van der Waals surface area contributed by atoms with Crippen molar-refractivity contribution in [2.45, 2.75) is 39.0 Å². The van der Waals surface area contributed by atoms with Crippen LogP contribution in [0.3, 0.4) is 0 Å². The van der Waals surface area contributed by atoms with Crippen LogP contribution >= 0.6 is 0 Å². The Hall–Kier alpha value is 0.473. The van der Waals surface area contributed by atoms with Gasteiger partial charge < -0.3 is 12.4 Å². The van der Waals surface area contributed by atoms with Crippen molar-refractivity contribution < 1.29 is 31.9 Å². The van der Waals surface area contributed by atoms with Crippen LogP contribution in [0, 0.1) is 12.3 Å². The van der Waals surface area contributed by atoms with Crippen molar-refractivity contribution >= 4 is 0 Å². The molecule has 1 radical (unpaired) electrons. The Bertz CT molecular complexity index is 75.8. The summed E-state index contributed by atoms with van der Waals surface area (Å²) in [5, 5.41) is 0. The van der Waals surface area contributed by atoms with E-state index in [1.54, 1.807) is 0 Å². The Labute approximate surface area is 83.3 Å². The molecule has 0 amide bonds. The second kappa shape index (κ2) is 16.2. The van der Waals surface area contributed by atoms with Crippen molar-refractivity contribution in [3.05, 3.63) is 6.42 Å². The summed E-state index contributed by atoms with van der Waals surface area (Å²) in [5.41, 5.74) is 0. The molecule has 0 rings (SSSR count). The van der Waals surface area contributed by atoms with Crippen LogP contribution in [-0.2, 0) is 19.5 Å². The first-order chi connectivity index (χ1) is 3.91. The fourth-order valence-corrected chi connectivity index (χ4v) is 0.640. The Morgan fingerprint density at radius 2 is 1.80 bits per heavy atom. The zero-order valence-corrected chi connectivity index (χ0v) is 10.3. The molecule has 10 heavy (non-hydrogen) atoms. The molecular formula is C8H13ClZn-. The van der Waals surface area contributed by atoms with Gasteiger partial charge in [0.05, 0.1) is 0 Å². The van der Waals surface area contributed by atoms with Crippen LogP contribution in [0.15, 0.2) is 0 Å². The fourth-order valence-electron chi connectivity index (χ4n) is 0.640. The van der Waals surface area contributed by atoms with E-state index in [4.69, 9.17) is 6.42 Å². The van der Waals surface area contributed by atoms with Gasteiger partial charge in [-0.15, -0.1) is 0 Å². The van der Waals surface area contributed by atoms with Crippen LogP contribution in [0.5, 0.6) is 0 Å². The molecule has 0 saturated heterocycles. The molecule has 2 heteroatoms. The third-order valence-electron chi connectivity index (χ3n) is 1.16. The molecule has 0 spiro atoms. The van der Waals surface area contributed by atoms with Crippen LogP contribution in [0.1, 0.15) is 39.0 Å². The van der Waals surface area contributed by atoms with Gasteiger partial charge in [0.25, 0.3) is 0 Å². The average Bonchev–Trinajstić information content (AvgIpc) is 1.81. The Balaban J connectivity index is -0.000000245. The van der Waals surface area contributed by atoms with E-state index in [1.807, 2.05) is 0 Å². The van der Waals surface area contributed by atoms with Crippen LogP contribution < -0.4 is 12.4 Å². The van der Waals surface area contributed by atoms with Gasteiger partial charge in [0, 0.05) is 25.9 Å². The van der Waals surface area contributed by atoms with E-state index < -0.39 is 0 Å². The molecule has 0 aliphatic rings. The minimum atomic E-state index is 0. The number of unbranched alkanes of at least 4 members (excludes halogenated alkanes) is 4. The summed E-state index contributed by atoms with van der Waals surface area (Å²) < 4.78 is 0. The zero-order valence-electron chi connectivity index (χ0n) is 6.62. The molecule has 0 nitrogen and oxygen atoms in total. The van der Waals surface area contributed by atoms with Crippen molar-refractivity contribution in [3.8, 4) is 5.92 Å². The first kappa shape index (κ1) is 16.8. The second-order valence-electron chi connectivity index (χ2n) is 1.99. The molecule has 0 fully saturated rings. The number of hydrogen-bond donors (Lipinski definition) is 0. The van der Waals surface area contributed by atoms with Crippen molar-refractivity contribution in [3.63, 3.8) is 0 Å². The van der Waals surface area contributed by atoms with Crippen molar-refractivity contribution in [2.75, 3.05) is 0 Å². The standard InChI is InChI=1S/C8H13.ClH.Zn/c1-3-5-7-8-6-4-2;;/h3,5-8H2,1H3;1H;/p-1. The van der Waals surface area contributed by atoms with Gasteiger partial charge in [-0.3, -0.25) is 0 Å². The van der Waals surface area contributed by atoms with Gasteiger partial charge in [0.15, 0.2) is 0 Å². The van der Waals surface area contributed by atoms with E-state index in [-0.39, 0.29) is 31.9 Å². The van der Waals surface area contributed by atoms with E-state index in [0.717, 1.165) is 12.8 Å². The maximum absolute atomic E-state index is 6.59. The zero-order chi connectivity index (χ0) is 6.24. The number of halogens is 1. The van der Waals surface area contributed by atoms with Crippen LogP contribution in [-0.4, -0.2) is 0 Å². The first-order valence-electron chi connectivity index (χ1n) is 3.31. The topological polar surface area (TPSA) is 0 Å². The summed E-state index contributed by atoms with van der Waals surface area (Å²) in [4.78, 5) is 0. The Morgan fingerprint density at radius 1 is 1.20 bits per heavy atom. The van der Waals surface area contributed by atoms with Crippen LogP contribution in [0.4, 0.5) is 0 Å². The predicted molar refractivity (Wildman–Crippen MR) is 35.9 cm³/mol. The van der Waals surface area contributed by atoms with Crippen molar-refractivity contribution in [1.82, 2.24) is 0 Å². The molecule has 0 aliphatic heterocycles. The summed E-state index contributed by atoms with van der Waals surface area (Å²) in [7, 11) is 0. The molecule has 0 aromatic heterocycles. The monoisotopic (exact) mass is 208 g/mol. The summed E-state index contributed by atoms with van der Waals surface area (Å²) in [5.74, 6) is 2.38. The van der Waals surface area contributed by atoms with E-state index >= 15 is 0 Å². The number of hydrogen-bond acceptors (Lipinski definition) is 0. The molecular weight excluding hydrogens is 197 g/mol. The maximum Gasteiger partial charge on any atom is 0.00989 e. The molecule has 0 bridgehead atoms. The van der Waals surface area contributed by atoms with Gasteiger partial charge in [-0.2, -0.15) is 0 Å². The third kappa shape index (κ3) is 15.8. The first-order valence-corrected chi connectivity index (χ1v) is 3.31. The minimum Gasteiger partial charge on any atom is -1.00 e. The van der Waals surface area contributed by atoms with Gasteiger partial charge in [-0.05, 0) is 12.8 Å². The summed E-state index contributed by atoms with van der Waals surface area (Å²) >= 11 is 0. The molecule has 0 aromatic carbocycles. The van der Waals surface area contributed by atoms with Gasteiger partial charge >= 0.3 is 0 Å². The van der Waals surface area contributed by atoms with Crippen molar-refractivity contribution in [1.29, 1.82) is 0 Å². The molecule has 0 aliphatic carbocycles. The van der Waals surface area contributed by atoms with E-state index in [2.05, 4.69) is 12.8 Å². The average molecular weight is 210 g/mol. The Morgan fingerprint density at radius 3 is 2.20 bits per heavy atom. The summed E-state index contributed by atoms with van der Waals surface area (Å²) in [6.07, 6.45) is 12.4. The molecule has 0 aromatic rings. The van der Waals surface area contributed by atoms with Gasteiger partial charge in [0.1, 0.15) is 0 Å². The quantitative estimate of drug-likeness (QED) is 0.335. The van der Waals surface area contributed by atoms with Crippen molar-refractivity contribution in [2.24, 2.45) is 0 Å². The fraction of sp³-hybridized carbons (Fsp3) is 0.750. The molecule has 0 N–H and O–H groups in total. The third-order valence-corrected chi connectivity index (χ3v) is 1.16. The molecule has 0 heterocycles. The Kier molecular flexibility index (Phi) is 27.3.